The molecule has 24 heavy (non-hydrogen) atoms. The summed E-state index contributed by atoms with van der Waals surface area (Å²) < 4.78 is 31.1. The van der Waals surface area contributed by atoms with E-state index in [1.54, 1.807) is 11.4 Å². The molecule has 2 heterocycles. The smallest absolute Gasteiger partial charge is 0.330 e. The zero-order valence-electron chi connectivity index (χ0n) is 13.2. The maximum Gasteiger partial charge on any atom is 0.330 e. The van der Waals surface area contributed by atoms with Crippen molar-refractivity contribution < 1.29 is 27.9 Å². The number of sulfonamides is 1. The topological polar surface area (TPSA) is 113 Å². The van der Waals surface area contributed by atoms with Gasteiger partial charge in [0, 0.05) is 13.1 Å². The van der Waals surface area contributed by atoms with Crippen molar-refractivity contribution in [3.05, 3.63) is 17.5 Å². The van der Waals surface area contributed by atoms with Crippen LogP contribution in [0.2, 0.25) is 0 Å². The molecule has 1 aliphatic heterocycles. The highest BCUT2D eigenvalue weighted by atomic mass is 32.2. The molecule has 1 aliphatic rings. The number of hydrogen-bond donors (Lipinski definition) is 2. The summed E-state index contributed by atoms with van der Waals surface area (Å²) >= 11 is 1.13. The molecular weight excluding hydrogens is 356 g/mol. The van der Waals surface area contributed by atoms with Gasteiger partial charge in [-0.3, -0.25) is 4.79 Å². The summed E-state index contributed by atoms with van der Waals surface area (Å²) in [6, 6.07) is 2.04. The van der Waals surface area contributed by atoms with Gasteiger partial charge in [0.2, 0.25) is 5.91 Å². The highest BCUT2D eigenvalue weighted by molar-refractivity contribution is 7.91. The number of aliphatic hydroxyl groups is 1. The first-order chi connectivity index (χ1) is 11.4. The summed E-state index contributed by atoms with van der Waals surface area (Å²) in [7, 11) is -2.45. The Morgan fingerprint density at radius 1 is 1.54 bits per heavy atom. The van der Waals surface area contributed by atoms with Gasteiger partial charge in [-0.1, -0.05) is 6.07 Å². The maximum absolute atomic E-state index is 12.5. The van der Waals surface area contributed by atoms with Crippen molar-refractivity contribution in [1.82, 2.24) is 9.62 Å². The molecule has 8 nitrogen and oxygen atoms in total. The van der Waals surface area contributed by atoms with Gasteiger partial charge < -0.3 is 15.2 Å². The zero-order chi connectivity index (χ0) is 17.7. The van der Waals surface area contributed by atoms with Crippen LogP contribution in [0.4, 0.5) is 0 Å². The third kappa shape index (κ3) is 4.12. The Labute approximate surface area is 144 Å². The van der Waals surface area contributed by atoms with Crippen molar-refractivity contribution in [3.8, 4) is 0 Å². The number of methoxy groups -OCH3 is 1. The Bertz CT molecular complexity index is 673. The molecule has 134 valence electrons. The molecule has 2 rings (SSSR count). The third-order valence-corrected chi connectivity index (χ3v) is 7.07. The van der Waals surface area contributed by atoms with Crippen molar-refractivity contribution in [2.45, 2.75) is 23.1 Å². The number of ether oxygens (including phenoxy) is 1. The Kier molecular flexibility index (Phi) is 6.33. The summed E-state index contributed by atoms with van der Waals surface area (Å²) in [4.78, 5) is 23.7. The number of carbonyl (C=O) groups excluding carboxylic acids is 2. The number of aliphatic hydroxyl groups excluding tert-OH is 1. The lowest BCUT2D eigenvalue weighted by Gasteiger charge is -2.31. The minimum Gasteiger partial charge on any atom is -0.467 e. The molecule has 0 radical (unpaired) electrons. The van der Waals surface area contributed by atoms with Crippen LogP contribution in [0.3, 0.4) is 0 Å². The fourth-order valence-corrected chi connectivity index (χ4v) is 5.19. The molecule has 0 unspecified atom stereocenters. The molecule has 1 aromatic rings. The van der Waals surface area contributed by atoms with Crippen LogP contribution >= 0.6 is 11.3 Å². The number of esters is 1. The van der Waals surface area contributed by atoms with Crippen molar-refractivity contribution in [3.63, 3.8) is 0 Å². The van der Waals surface area contributed by atoms with Crippen molar-refractivity contribution in [1.29, 1.82) is 0 Å². The van der Waals surface area contributed by atoms with Gasteiger partial charge in [-0.25, -0.2) is 13.2 Å². The highest BCUT2D eigenvalue weighted by Gasteiger charge is 2.35. The predicted octanol–water partition coefficient (Wildman–Crippen LogP) is -0.201. The minimum absolute atomic E-state index is 0.0470. The predicted molar refractivity (Wildman–Crippen MR) is 86.8 cm³/mol. The molecular formula is C14H20N2O6S2. The monoisotopic (exact) mass is 376 g/mol. The molecule has 1 saturated heterocycles. The van der Waals surface area contributed by atoms with Crippen molar-refractivity contribution in [2.24, 2.45) is 5.92 Å². The fraction of sp³-hybridized carbons (Fsp3) is 0.571. The summed E-state index contributed by atoms with van der Waals surface area (Å²) in [6.45, 7) is -0.182. The van der Waals surface area contributed by atoms with Gasteiger partial charge in [-0.05, 0) is 24.3 Å². The number of piperidine rings is 1. The van der Waals surface area contributed by atoms with Crippen LogP contribution in [0, 0.1) is 5.92 Å². The maximum atomic E-state index is 12.5. The summed E-state index contributed by atoms with van der Waals surface area (Å²) in [5.74, 6) is -1.79. The van der Waals surface area contributed by atoms with Crippen LogP contribution in [0.15, 0.2) is 21.7 Å². The van der Waals surface area contributed by atoms with E-state index < -0.39 is 40.5 Å². The van der Waals surface area contributed by atoms with E-state index in [4.69, 9.17) is 5.11 Å². The molecule has 0 spiro atoms. The first-order valence-electron chi connectivity index (χ1n) is 7.43. The van der Waals surface area contributed by atoms with E-state index in [0.717, 1.165) is 18.4 Å². The van der Waals surface area contributed by atoms with Gasteiger partial charge in [-0.2, -0.15) is 4.31 Å². The Hall–Kier alpha value is -1.49. The summed E-state index contributed by atoms with van der Waals surface area (Å²) in [5.41, 5.74) is 0. The first-order valence-corrected chi connectivity index (χ1v) is 9.74. The Balaban J connectivity index is 2.05. The molecule has 0 saturated carbocycles. The van der Waals surface area contributed by atoms with E-state index in [2.05, 4.69) is 10.1 Å². The number of carbonyl (C=O) groups is 2. The summed E-state index contributed by atoms with van der Waals surface area (Å²) in [6.07, 6.45) is 1.06. The molecule has 0 bridgehead atoms. The van der Waals surface area contributed by atoms with Gasteiger partial charge >= 0.3 is 5.97 Å². The van der Waals surface area contributed by atoms with Gasteiger partial charge in [0.05, 0.1) is 19.6 Å². The zero-order valence-corrected chi connectivity index (χ0v) is 14.8. The van der Waals surface area contributed by atoms with Gasteiger partial charge in [0.25, 0.3) is 10.0 Å². The molecule has 2 N–H and O–H groups in total. The van der Waals surface area contributed by atoms with Crippen LogP contribution in [0.1, 0.15) is 12.8 Å². The molecule has 2 atom stereocenters. The normalized spacial score (nSPS) is 20.3. The van der Waals surface area contributed by atoms with Gasteiger partial charge in [0.15, 0.2) is 6.04 Å². The second kappa shape index (κ2) is 8.06. The minimum atomic E-state index is -3.61. The molecule has 0 aliphatic carbocycles. The van der Waals surface area contributed by atoms with Crippen LogP contribution in [0.5, 0.6) is 0 Å². The lowest BCUT2D eigenvalue weighted by atomic mass is 9.98. The number of rotatable bonds is 6. The highest BCUT2D eigenvalue weighted by Crippen LogP contribution is 2.26. The van der Waals surface area contributed by atoms with E-state index in [1.165, 1.54) is 10.4 Å². The van der Waals surface area contributed by atoms with E-state index in [1.807, 2.05) is 0 Å². The van der Waals surface area contributed by atoms with Gasteiger partial charge in [-0.15, -0.1) is 11.3 Å². The average molecular weight is 376 g/mol. The number of nitrogens with one attached hydrogen (secondary N) is 1. The summed E-state index contributed by atoms with van der Waals surface area (Å²) in [5, 5.41) is 13.3. The van der Waals surface area contributed by atoms with Crippen LogP contribution in [0.25, 0.3) is 0 Å². The second-order valence-corrected chi connectivity index (χ2v) is 8.51. The molecule has 10 heteroatoms. The van der Waals surface area contributed by atoms with Crippen LogP contribution in [-0.2, 0) is 24.3 Å². The second-order valence-electron chi connectivity index (χ2n) is 5.40. The number of amides is 1. The number of thiophene rings is 1. The average Bonchev–Trinajstić information content (AvgIpc) is 3.14. The molecule has 0 aromatic carbocycles. The Morgan fingerprint density at radius 3 is 2.88 bits per heavy atom. The first kappa shape index (κ1) is 18.8. The van der Waals surface area contributed by atoms with E-state index in [-0.39, 0.29) is 10.8 Å². The quantitative estimate of drug-likeness (QED) is 0.665. The lowest BCUT2D eigenvalue weighted by Crippen LogP contribution is -2.50. The number of nitrogens with zero attached hydrogens (tertiary/aromatic N) is 1. The molecule has 1 fully saturated rings. The van der Waals surface area contributed by atoms with Crippen molar-refractivity contribution in [2.75, 3.05) is 26.8 Å². The fourth-order valence-electron chi connectivity index (χ4n) is 2.52. The number of hydrogen-bond acceptors (Lipinski definition) is 7. The molecule has 1 amide bonds. The Morgan fingerprint density at radius 2 is 2.29 bits per heavy atom. The van der Waals surface area contributed by atoms with Crippen LogP contribution < -0.4 is 5.32 Å². The van der Waals surface area contributed by atoms with E-state index >= 15 is 0 Å². The molecule has 1 aromatic heterocycles. The lowest BCUT2D eigenvalue weighted by molar-refractivity contribution is -0.146. The van der Waals surface area contributed by atoms with E-state index in [9.17, 15) is 18.0 Å². The van der Waals surface area contributed by atoms with Crippen LogP contribution in [-0.4, -0.2) is 62.6 Å². The largest absolute Gasteiger partial charge is 0.467 e. The third-order valence-electron chi connectivity index (χ3n) is 3.83. The van der Waals surface area contributed by atoms with E-state index in [0.29, 0.717) is 19.4 Å². The standard InChI is InChI=1S/C14H20N2O6S2/c1-22-14(19)11(9-17)15-13(18)10-4-2-6-16(8-10)24(20,21)12-5-3-7-23-12/h3,5,7,10-11,17H,2,4,6,8-9H2,1H3,(H,15,18)/t10-,11-/m1/s1. The van der Waals surface area contributed by atoms with Crippen molar-refractivity contribution >= 4 is 33.2 Å². The SMILES string of the molecule is COC(=O)[C@@H](CO)NC(=O)[C@@H]1CCCN(S(=O)(=O)c2cccs2)C1. The van der Waals surface area contributed by atoms with Gasteiger partial charge in [0.1, 0.15) is 4.21 Å².